The monoisotopic (exact) mass is 200 g/mol. The first-order chi connectivity index (χ1) is 7.31. The fourth-order valence-corrected chi connectivity index (χ4v) is 1.44. The summed E-state index contributed by atoms with van der Waals surface area (Å²) in [7, 11) is 0. The molecule has 0 spiro atoms. The Morgan fingerprint density at radius 1 is 1.40 bits per heavy atom. The van der Waals surface area contributed by atoms with Gasteiger partial charge in [-0.25, -0.2) is 0 Å². The molecule has 1 fully saturated rings. The van der Waals surface area contributed by atoms with Crippen LogP contribution in [0, 0.1) is 17.2 Å². The second kappa shape index (κ2) is 4.14. The normalized spacial score (nSPS) is 16.5. The molecule has 0 saturated heterocycles. The van der Waals surface area contributed by atoms with E-state index >= 15 is 0 Å². The lowest BCUT2D eigenvalue weighted by Gasteiger charge is -2.11. The Labute approximate surface area is 88.7 Å². The van der Waals surface area contributed by atoms with Gasteiger partial charge in [-0.05, 0) is 18.4 Å². The zero-order valence-electron chi connectivity index (χ0n) is 8.31. The highest BCUT2D eigenvalue weighted by atomic mass is 16.2. The minimum atomic E-state index is -0.515. The lowest BCUT2D eigenvalue weighted by molar-refractivity contribution is -0.122. The van der Waals surface area contributed by atoms with Gasteiger partial charge in [0, 0.05) is 5.92 Å². The Balaban J connectivity index is 2.05. The first-order valence-corrected chi connectivity index (χ1v) is 5.06. The number of nitrogens with zero attached hydrogens (tertiary/aromatic N) is 1. The molecule has 2 rings (SSSR count). The van der Waals surface area contributed by atoms with Crippen molar-refractivity contribution in [3.8, 4) is 6.07 Å². The maximum atomic E-state index is 11.5. The summed E-state index contributed by atoms with van der Waals surface area (Å²) in [5, 5.41) is 11.7. The summed E-state index contributed by atoms with van der Waals surface area (Å²) < 4.78 is 0. The van der Waals surface area contributed by atoms with Crippen LogP contribution in [0.2, 0.25) is 0 Å². The van der Waals surface area contributed by atoms with E-state index in [0.29, 0.717) is 0 Å². The van der Waals surface area contributed by atoms with Crippen LogP contribution in [0.3, 0.4) is 0 Å². The standard InChI is InChI=1S/C12H12N2O/c13-8-11(9-4-2-1-3-5-9)14-12(15)10-6-7-10/h1-5,10-11H,6-7H2,(H,14,15). The van der Waals surface area contributed by atoms with Crippen LogP contribution in [-0.4, -0.2) is 5.91 Å². The summed E-state index contributed by atoms with van der Waals surface area (Å²) in [6, 6.07) is 10.9. The van der Waals surface area contributed by atoms with Crippen LogP contribution < -0.4 is 5.32 Å². The van der Waals surface area contributed by atoms with E-state index in [0.717, 1.165) is 18.4 Å². The summed E-state index contributed by atoms with van der Waals surface area (Å²) >= 11 is 0. The first-order valence-electron chi connectivity index (χ1n) is 5.06. The predicted octanol–water partition coefficient (Wildman–Crippen LogP) is 1.78. The average Bonchev–Trinajstić information content (AvgIpc) is 3.10. The summed E-state index contributed by atoms with van der Waals surface area (Å²) in [6.07, 6.45) is 1.91. The maximum Gasteiger partial charge on any atom is 0.224 e. The van der Waals surface area contributed by atoms with Crippen LogP contribution in [0.5, 0.6) is 0 Å². The number of hydrogen-bond acceptors (Lipinski definition) is 2. The molecule has 0 radical (unpaired) electrons. The SMILES string of the molecule is N#CC(NC(=O)C1CC1)c1ccccc1. The molecule has 15 heavy (non-hydrogen) atoms. The van der Waals surface area contributed by atoms with Crippen molar-refractivity contribution in [3.63, 3.8) is 0 Å². The van der Waals surface area contributed by atoms with Crippen molar-refractivity contribution in [2.75, 3.05) is 0 Å². The van der Waals surface area contributed by atoms with Crippen LogP contribution in [0.4, 0.5) is 0 Å². The number of carbonyl (C=O) groups excluding carboxylic acids is 1. The molecule has 1 aromatic carbocycles. The molecular formula is C12H12N2O. The van der Waals surface area contributed by atoms with Gasteiger partial charge in [-0.3, -0.25) is 4.79 Å². The molecule has 76 valence electrons. The lowest BCUT2D eigenvalue weighted by atomic mass is 10.1. The summed E-state index contributed by atoms with van der Waals surface area (Å²) in [5.74, 6) is 0.148. The van der Waals surface area contributed by atoms with E-state index in [9.17, 15) is 4.79 Å². The minimum Gasteiger partial charge on any atom is -0.336 e. The average molecular weight is 200 g/mol. The topological polar surface area (TPSA) is 52.9 Å². The minimum absolute atomic E-state index is 0.00500. The molecule has 0 aromatic heterocycles. The van der Waals surface area contributed by atoms with Crippen molar-refractivity contribution in [3.05, 3.63) is 35.9 Å². The largest absolute Gasteiger partial charge is 0.336 e. The predicted molar refractivity (Wildman–Crippen MR) is 55.7 cm³/mol. The molecule has 1 N–H and O–H groups in total. The second-order valence-electron chi connectivity index (χ2n) is 3.76. The number of benzene rings is 1. The van der Waals surface area contributed by atoms with Crippen molar-refractivity contribution in [2.24, 2.45) is 5.92 Å². The molecule has 0 aliphatic heterocycles. The number of hydrogen-bond donors (Lipinski definition) is 1. The fraction of sp³-hybridized carbons (Fsp3) is 0.333. The first kappa shape index (κ1) is 9.72. The van der Waals surface area contributed by atoms with Crippen LogP contribution in [-0.2, 0) is 4.79 Å². The molecule has 1 aliphatic carbocycles. The highest BCUT2D eigenvalue weighted by Crippen LogP contribution is 2.29. The van der Waals surface area contributed by atoms with Crippen LogP contribution in [0.25, 0.3) is 0 Å². The molecule has 1 aromatic rings. The third-order valence-corrected chi connectivity index (χ3v) is 2.50. The van der Waals surface area contributed by atoms with E-state index in [1.807, 2.05) is 30.3 Å². The van der Waals surface area contributed by atoms with Gasteiger partial charge >= 0.3 is 0 Å². The Hall–Kier alpha value is -1.82. The van der Waals surface area contributed by atoms with Crippen molar-refractivity contribution in [1.82, 2.24) is 5.32 Å². The van der Waals surface area contributed by atoms with Gasteiger partial charge in [0.15, 0.2) is 0 Å². The van der Waals surface area contributed by atoms with E-state index in [2.05, 4.69) is 11.4 Å². The van der Waals surface area contributed by atoms with Crippen LogP contribution in [0.15, 0.2) is 30.3 Å². The Bertz CT molecular complexity index is 390. The van der Waals surface area contributed by atoms with E-state index in [-0.39, 0.29) is 11.8 Å². The van der Waals surface area contributed by atoms with Gasteiger partial charge in [-0.15, -0.1) is 0 Å². The molecule has 1 saturated carbocycles. The Morgan fingerprint density at radius 2 is 2.07 bits per heavy atom. The number of carbonyl (C=O) groups is 1. The number of rotatable bonds is 3. The molecule has 0 heterocycles. The number of amides is 1. The maximum absolute atomic E-state index is 11.5. The van der Waals surface area contributed by atoms with Crippen molar-refractivity contribution in [2.45, 2.75) is 18.9 Å². The van der Waals surface area contributed by atoms with E-state index < -0.39 is 6.04 Å². The van der Waals surface area contributed by atoms with E-state index in [1.54, 1.807) is 0 Å². The molecule has 1 aliphatic rings. The fourth-order valence-electron chi connectivity index (χ4n) is 1.44. The van der Waals surface area contributed by atoms with Gasteiger partial charge in [-0.2, -0.15) is 5.26 Å². The highest BCUT2D eigenvalue weighted by Gasteiger charge is 2.31. The quantitative estimate of drug-likeness (QED) is 0.808. The molecular weight excluding hydrogens is 188 g/mol. The third kappa shape index (κ3) is 2.35. The van der Waals surface area contributed by atoms with E-state index in [1.165, 1.54) is 0 Å². The van der Waals surface area contributed by atoms with Gasteiger partial charge in [0.2, 0.25) is 5.91 Å². The van der Waals surface area contributed by atoms with Gasteiger partial charge in [0.25, 0.3) is 0 Å². The Morgan fingerprint density at radius 3 is 2.60 bits per heavy atom. The van der Waals surface area contributed by atoms with Crippen LogP contribution >= 0.6 is 0 Å². The van der Waals surface area contributed by atoms with Gasteiger partial charge in [-0.1, -0.05) is 30.3 Å². The van der Waals surface area contributed by atoms with Gasteiger partial charge in [0.05, 0.1) is 6.07 Å². The van der Waals surface area contributed by atoms with Gasteiger partial charge < -0.3 is 5.32 Å². The molecule has 1 amide bonds. The molecule has 1 unspecified atom stereocenters. The Kier molecular flexibility index (Phi) is 2.68. The summed E-state index contributed by atoms with van der Waals surface area (Å²) in [4.78, 5) is 11.5. The third-order valence-electron chi connectivity index (χ3n) is 2.50. The molecule has 3 heteroatoms. The zero-order chi connectivity index (χ0) is 10.7. The van der Waals surface area contributed by atoms with Crippen molar-refractivity contribution < 1.29 is 4.79 Å². The molecule has 1 atom stereocenters. The lowest BCUT2D eigenvalue weighted by Crippen LogP contribution is -2.28. The summed E-state index contributed by atoms with van der Waals surface area (Å²) in [6.45, 7) is 0. The van der Waals surface area contributed by atoms with Crippen molar-refractivity contribution in [1.29, 1.82) is 5.26 Å². The van der Waals surface area contributed by atoms with Gasteiger partial charge in [0.1, 0.15) is 6.04 Å². The molecule has 3 nitrogen and oxygen atoms in total. The van der Waals surface area contributed by atoms with Crippen LogP contribution in [0.1, 0.15) is 24.4 Å². The highest BCUT2D eigenvalue weighted by molar-refractivity contribution is 5.81. The van der Waals surface area contributed by atoms with Crippen molar-refractivity contribution >= 4 is 5.91 Å². The zero-order valence-corrected chi connectivity index (χ0v) is 8.31. The smallest absolute Gasteiger partial charge is 0.224 e. The summed E-state index contributed by atoms with van der Waals surface area (Å²) in [5.41, 5.74) is 0.842. The number of nitriles is 1. The molecule has 0 bridgehead atoms. The second-order valence-corrected chi connectivity index (χ2v) is 3.76. The number of nitrogens with one attached hydrogen (secondary N) is 1. The van der Waals surface area contributed by atoms with E-state index in [4.69, 9.17) is 5.26 Å².